The number of aromatic nitrogens is 2. The van der Waals surface area contributed by atoms with Gasteiger partial charge >= 0.3 is 5.97 Å². The average Bonchev–Trinajstić information content (AvgIpc) is 2.35. The van der Waals surface area contributed by atoms with Crippen LogP contribution in [0.25, 0.3) is 0 Å². The molecule has 0 fully saturated rings. The van der Waals surface area contributed by atoms with Crippen molar-refractivity contribution in [1.29, 1.82) is 0 Å². The number of rotatable bonds is 5. The SMILES string of the molecule is CCOC(=O)c1cnc(CSC(C)(C)C)nc1CC. The maximum absolute atomic E-state index is 11.7. The fraction of sp³-hybridized carbons (Fsp3) is 0.643. The van der Waals surface area contributed by atoms with Crippen LogP contribution in [0.5, 0.6) is 0 Å². The predicted molar refractivity (Wildman–Crippen MR) is 78.4 cm³/mol. The minimum absolute atomic E-state index is 0.176. The van der Waals surface area contributed by atoms with Gasteiger partial charge in [0, 0.05) is 10.9 Å². The molecule has 0 atom stereocenters. The van der Waals surface area contributed by atoms with Crippen molar-refractivity contribution < 1.29 is 9.53 Å². The highest BCUT2D eigenvalue weighted by molar-refractivity contribution is 7.99. The van der Waals surface area contributed by atoms with Crippen molar-refractivity contribution in [1.82, 2.24) is 9.97 Å². The summed E-state index contributed by atoms with van der Waals surface area (Å²) in [6.07, 6.45) is 2.28. The molecule has 4 nitrogen and oxygen atoms in total. The summed E-state index contributed by atoms with van der Waals surface area (Å²) in [7, 11) is 0. The molecule has 0 aromatic carbocycles. The van der Waals surface area contributed by atoms with Gasteiger partial charge in [0.05, 0.1) is 23.6 Å². The van der Waals surface area contributed by atoms with Crippen molar-refractivity contribution >= 4 is 17.7 Å². The second-order valence-corrected chi connectivity index (χ2v) is 6.92. The van der Waals surface area contributed by atoms with Crippen LogP contribution in [0.3, 0.4) is 0 Å². The van der Waals surface area contributed by atoms with E-state index in [-0.39, 0.29) is 10.7 Å². The standard InChI is InChI=1S/C14H22N2O2S/c1-6-11-10(13(17)18-7-2)8-15-12(16-11)9-19-14(3,4)5/h8H,6-7,9H2,1-5H3. The number of nitrogens with zero attached hydrogens (tertiary/aromatic N) is 2. The molecule has 0 radical (unpaired) electrons. The maximum atomic E-state index is 11.7. The van der Waals surface area contributed by atoms with Gasteiger partial charge in [-0.1, -0.05) is 27.7 Å². The zero-order valence-electron chi connectivity index (χ0n) is 12.3. The van der Waals surface area contributed by atoms with Crippen LogP contribution in [0.15, 0.2) is 6.20 Å². The van der Waals surface area contributed by atoms with E-state index in [0.29, 0.717) is 18.6 Å². The first-order valence-electron chi connectivity index (χ1n) is 6.53. The molecular formula is C14H22N2O2S. The Labute approximate surface area is 119 Å². The van der Waals surface area contributed by atoms with E-state index in [1.54, 1.807) is 24.9 Å². The molecule has 0 spiro atoms. The van der Waals surface area contributed by atoms with Crippen LogP contribution in [0, 0.1) is 0 Å². The van der Waals surface area contributed by atoms with Gasteiger partial charge in [0.15, 0.2) is 0 Å². The van der Waals surface area contributed by atoms with Crippen molar-refractivity contribution in [2.24, 2.45) is 0 Å². The van der Waals surface area contributed by atoms with E-state index in [9.17, 15) is 4.79 Å². The van der Waals surface area contributed by atoms with E-state index < -0.39 is 0 Å². The summed E-state index contributed by atoms with van der Waals surface area (Å²) in [5.41, 5.74) is 1.24. The van der Waals surface area contributed by atoms with Crippen molar-refractivity contribution in [3.8, 4) is 0 Å². The Balaban J connectivity index is 2.86. The first-order valence-corrected chi connectivity index (χ1v) is 7.51. The highest BCUT2D eigenvalue weighted by atomic mass is 32.2. The molecule has 0 aliphatic carbocycles. The Bertz CT molecular complexity index is 442. The Morgan fingerprint density at radius 1 is 1.37 bits per heavy atom. The minimum Gasteiger partial charge on any atom is -0.462 e. The van der Waals surface area contributed by atoms with Crippen LogP contribution in [0.2, 0.25) is 0 Å². The van der Waals surface area contributed by atoms with Crippen LogP contribution in [0.1, 0.15) is 56.5 Å². The normalized spacial score (nSPS) is 11.4. The molecule has 0 unspecified atom stereocenters. The summed E-state index contributed by atoms with van der Waals surface area (Å²) in [5.74, 6) is 1.18. The van der Waals surface area contributed by atoms with Crippen molar-refractivity contribution in [3.05, 3.63) is 23.3 Å². The van der Waals surface area contributed by atoms with Crippen LogP contribution in [-0.4, -0.2) is 27.3 Å². The summed E-state index contributed by atoms with van der Waals surface area (Å²) in [6, 6.07) is 0. The number of hydrogen-bond acceptors (Lipinski definition) is 5. The predicted octanol–water partition coefficient (Wildman–Crippen LogP) is 3.25. The molecule has 1 rings (SSSR count). The van der Waals surface area contributed by atoms with Crippen LogP contribution >= 0.6 is 11.8 Å². The Kier molecular flexibility index (Phi) is 5.79. The summed E-state index contributed by atoms with van der Waals surface area (Å²) >= 11 is 1.79. The second-order valence-electron chi connectivity index (χ2n) is 5.12. The first kappa shape index (κ1) is 16.0. The Morgan fingerprint density at radius 3 is 2.58 bits per heavy atom. The van der Waals surface area contributed by atoms with Gasteiger partial charge in [-0.25, -0.2) is 14.8 Å². The quantitative estimate of drug-likeness (QED) is 0.776. The summed E-state index contributed by atoms with van der Waals surface area (Å²) in [5, 5.41) is 0. The molecule has 0 aliphatic heterocycles. The van der Waals surface area contributed by atoms with E-state index in [4.69, 9.17) is 4.74 Å². The lowest BCUT2D eigenvalue weighted by Gasteiger charge is -2.17. The van der Waals surface area contributed by atoms with Gasteiger partial charge in [0.2, 0.25) is 0 Å². The van der Waals surface area contributed by atoms with Crippen molar-refractivity contribution in [3.63, 3.8) is 0 Å². The van der Waals surface area contributed by atoms with Gasteiger partial charge in [0.25, 0.3) is 0 Å². The number of hydrogen-bond donors (Lipinski definition) is 0. The Morgan fingerprint density at radius 2 is 2.05 bits per heavy atom. The second kappa shape index (κ2) is 6.89. The molecule has 5 heteroatoms. The largest absolute Gasteiger partial charge is 0.462 e. The number of thioether (sulfide) groups is 1. The monoisotopic (exact) mass is 282 g/mol. The lowest BCUT2D eigenvalue weighted by Crippen LogP contribution is -2.13. The number of esters is 1. The molecule has 1 aromatic rings. The van der Waals surface area contributed by atoms with E-state index in [1.165, 1.54) is 0 Å². The molecule has 0 N–H and O–H groups in total. The van der Waals surface area contributed by atoms with Crippen LogP contribution < -0.4 is 0 Å². The van der Waals surface area contributed by atoms with Crippen molar-refractivity contribution in [2.45, 2.75) is 51.5 Å². The van der Waals surface area contributed by atoms with Gasteiger partial charge in [0.1, 0.15) is 5.82 Å². The van der Waals surface area contributed by atoms with E-state index in [2.05, 4.69) is 30.7 Å². The van der Waals surface area contributed by atoms with Gasteiger partial charge in [-0.2, -0.15) is 0 Å². The smallest absolute Gasteiger partial charge is 0.341 e. The lowest BCUT2D eigenvalue weighted by molar-refractivity contribution is 0.0524. The van der Waals surface area contributed by atoms with Gasteiger partial charge in [-0.3, -0.25) is 0 Å². The highest BCUT2D eigenvalue weighted by Gasteiger charge is 2.16. The fourth-order valence-electron chi connectivity index (χ4n) is 1.46. The number of carbonyl (C=O) groups is 1. The van der Waals surface area contributed by atoms with Gasteiger partial charge < -0.3 is 4.74 Å². The van der Waals surface area contributed by atoms with Crippen molar-refractivity contribution in [2.75, 3.05) is 6.61 Å². The van der Waals surface area contributed by atoms with Gasteiger partial charge in [-0.15, -0.1) is 11.8 Å². The van der Waals surface area contributed by atoms with Crippen LogP contribution in [-0.2, 0) is 16.9 Å². The molecule has 19 heavy (non-hydrogen) atoms. The molecular weight excluding hydrogens is 260 g/mol. The van der Waals surface area contributed by atoms with E-state index in [0.717, 1.165) is 17.3 Å². The molecule has 0 saturated carbocycles. The maximum Gasteiger partial charge on any atom is 0.341 e. The minimum atomic E-state index is -0.339. The molecule has 0 aliphatic rings. The molecule has 0 saturated heterocycles. The molecule has 1 heterocycles. The highest BCUT2D eigenvalue weighted by Crippen LogP contribution is 2.26. The number of aryl methyl sites for hydroxylation is 1. The number of ether oxygens (including phenoxy) is 1. The van der Waals surface area contributed by atoms with E-state index >= 15 is 0 Å². The third kappa shape index (κ3) is 5.19. The first-order chi connectivity index (χ1) is 8.87. The zero-order chi connectivity index (χ0) is 14.5. The number of carbonyl (C=O) groups excluding carboxylic acids is 1. The molecule has 106 valence electrons. The average molecular weight is 282 g/mol. The van der Waals surface area contributed by atoms with Crippen LogP contribution in [0.4, 0.5) is 0 Å². The molecule has 1 aromatic heterocycles. The summed E-state index contributed by atoms with van der Waals surface area (Å²) in [6.45, 7) is 10.6. The molecule has 0 amide bonds. The Hall–Kier alpha value is -1.10. The topological polar surface area (TPSA) is 52.1 Å². The lowest BCUT2D eigenvalue weighted by atomic mass is 10.2. The summed E-state index contributed by atoms with van der Waals surface area (Å²) < 4.78 is 5.18. The molecule has 0 bridgehead atoms. The third-order valence-corrected chi connectivity index (χ3v) is 3.65. The fourth-order valence-corrected chi connectivity index (χ4v) is 2.16. The van der Waals surface area contributed by atoms with Gasteiger partial charge in [-0.05, 0) is 13.3 Å². The third-order valence-electron chi connectivity index (χ3n) is 2.38. The summed E-state index contributed by atoms with van der Waals surface area (Å²) in [4.78, 5) is 20.5. The van der Waals surface area contributed by atoms with E-state index in [1.807, 2.05) is 6.92 Å². The zero-order valence-corrected chi connectivity index (χ0v) is 13.1.